The van der Waals surface area contributed by atoms with Gasteiger partial charge in [-0.15, -0.1) is 0 Å². The summed E-state index contributed by atoms with van der Waals surface area (Å²) in [6.07, 6.45) is 2.27. The Balaban J connectivity index is 1.83. The smallest absolute Gasteiger partial charge is 0.319 e. The number of hydrogen-bond donors (Lipinski definition) is 3. The van der Waals surface area contributed by atoms with E-state index in [9.17, 15) is 4.79 Å². The lowest BCUT2D eigenvalue weighted by Crippen LogP contribution is -2.35. The second-order valence-corrected chi connectivity index (χ2v) is 5.37. The van der Waals surface area contributed by atoms with Crippen LogP contribution in [0.25, 0.3) is 0 Å². The van der Waals surface area contributed by atoms with E-state index in [1.165, 1.54) is 0 Å². The molecule has 1 aromatic rings. The molecule has 1 aromatic carbocycles. The van der Waals surface area contributed by atoms with Crippen molar-refractivity contribution in [3.63, 3.8) is 0 Å². The zero-order valence-electron chi connectivity index (χ0n) is 12.8. The predicted molar refractivity (Wildman–Crippen MR) is 84.5 cm³/mol. The average molecular weight is 291 g/mol. The van der Waals surface area contributed by atoms with Crippen molar-refractivity contribution in [1.82, 2.24) is 10.6 Å². The fourth-order valence-electron chi connectivity index (χ4n) is 2.50. The SMILES string of the molecule is CCNC(C)c1cccc(NC(=O)NCC2CCCO2)c1. The molecule has 116 valence electrons. The van der Waals surface area contributed by atoms with Crippen LogP contribution in [0, 0.1) is 0 Å². The van der Waals surface area contributed by atoms with Gasteiger partial charge in [-0.25, -0.2) is 4.79 Å². The zero-order chi connectivity index (χ0) is 15.1. The third-order valence-corrected chi connectivity index (χ3v) is 3.67. The first-order valence-corrected chi connectivity index (χ1v) is 7.69. The minimum absolute atomic E-state index is 0.163. The molecule has 5 heteroatoms. The summed E-state index contributed by atoms with van der Waals surface area (Å²) in [4.78, 5) is 11.9. The quantitative estimate of drug-likeness (QED) is 0.755. The molecule has 0 aliphatic carbocycles. The average Bonchev–Trinajstić information content (AvgIpc) is 2.99. The van der Waals surface area contributed by atoms with Crippen molar-refractivity contribution in [3.8, 4) is 0 Å². The monoisotopic (exact) mass is 291 g/mol. The van der Waals surface area contributed by atoms with Gasteiger partial charge in [0.05, 0.1) is 6.10 Å². The van der Waals surface area contributed by atoms with E-state index in [1.807, 2.05) is 18.2 Å². The number of ether oxygens (including phenoxy) is 1. The number of amides is 2. The Morgan fingerprint density at radius 2 is 2.33 bits per heavy atom. The fourth-order valence-corrected chi connectivity index (χ4v) is 2.50. The fraction of sp³-hybridized carbons (Fsp3) is 0.562. The Kier molecular flexibility index (Phi) is 6.02. The second-order valence-electron chi connectivity index (χ2n) is 5.37. The van der Waals surface area contributed by atoms with Gasteiger partial charge in [-0.1, -0.05) is 19.1 Å². The van der Waals surface area contributed by atoms with Gasteiger partial charge in [0.25, 0.3) is 0 Å². The van der Waals surface area contributed by atoms with Crippen LogP contribution in [0.4, 0.5) is 10.5 Å². The summed E-state index contributed by atoms with van der Waals surface area (Å²) in [7, 11) is 0. The van der Waals surface area contributed by atoms with Crippen LogP contribution >= 0.6 is 0 Å². The Labute approximate surface area is 126 Å². The summed E-state index contributed by atoms with van der Waals surface area (Å²) in [5.41, 5.74) is 1.97. The molecular formula is C16H25N3O2. The topological polar surface area (TPSA) is 62.4 Å². The Morgan fingerprint density at radius 1 is 1.48 bits per heavy atom. The summed E-state index contributed by atoms with van der Waals surface area (Å²) in [5.74, 6) is 0. The number of anilines is 1. The van der Waals surface area contributed by atoms with Gasteiger partial charge in [0.15, 0.2) is 0 Å². The summed E-state index contributed by atoms with van der Waals surface area (Å²) in [5, 5.41) is 9.09. The summed E-state index contributed by atoms with van der Waals surface area (Å²) >= 11 is 0. The maximum Gasteiger partial charge on any atom is 0.319 e. The number of urea groups is 1. The maximum absolute atomic E-state index is 11.9. The molecule has 1 heterocycles. The van der Waals surface area contributed by atoms with Crippen LogP contribution in [0.15, 0.2) is 24.3 Å². The van der Waals surface area contributed by atoms with Crippen molar-refractivity contribution in [2.45, 2.75) is 38.8 Å². The van der Waals surface area contributed by atoms with Crippen molar-refractivity contribution in [2.24, 2.45) is 0 Å². The highest BCUT2D eigenvalue weighted by atomic mass is 16.5. The van der Waals surface area contributed by atoms with Crippen LogP contribution in [0.5, 0.6) is 0 Å². The highest BCUT2D eigenvalue weighted by molar-refractivity contribution is 5.89. The van der Waals surface area contributed by atoms with Gasteiger partial charge in [0.1, 0.15) is 0 Å². The van der Waals surface area contributed by atoms with E-state index < -0.39 is 0 Å². The number of rotatable bonds is 6. The molecular weight excluding hydrogens is 266 g/mol. The van der Waals surface area contributed by atoms with Gasteiger partial charge in [-0.3, -0.25) is 0 Å². The van der Waals surface area contributed by atoms with Crippen LogP contribution in [0.1, 0.15) is 38.3 Å². The van der Waals surface area contributed by atoms with Crippen LogP contribution in [0.2, 0.25) is 0 Å². The molecule has 0 aromatic heterocycles. The van der Waals surface area contributed by atoms with Gasteiger partial charge in [0, 0.05) is 24.9 Å². The Bertz CT molecular complexity index is 459. The third-order valence-electron chi connectivity index (χ3n) is 3.67. The second kappa shape index (κ2) is 8.00. The van der Waals surface area contributed by atoms with Crippen LogP contribution in [0.3, 0.4) is 0 Å². The molecule has 3 N–H and O–H groups in total. The van der Waals surface area contributed by atoms with Gasteiger partial charge < -0.3 is 20.7 Å². The first kappa shape index (κ1) is 15.8. The molecule has 1 aliphatic heterocycles. The minimum Gasteiger partial charge on any atom is -0.376 e. The molecule has 2 atom stereocenters. The first-order chi connectivity index (χ1) is 10.2. The van der Waals surface area contributed by atoms with Crippen molar-refractivity contribution in [3.05, 3.63) is 29.8 Å². The van der Waals surface area contributed by atoms with Crippen molar-refractivity contribution in [2.75, 3.05) is 25.0 Å². The molecule has 21 heavy (non-hydrogen) atoms. The molecule has 2 unspecified atom stereocenters. The van der Waals surface area contributed by atoms with Crippen LogP contribution in [-0.4, -0.2) is 31.8 Å². The Morgan fingerprint density at radius 3 is 3.05 bits per heavy atom. The van der Waals surface area contributed by atoms with E-state index in [4.69, 9.17) is 4.74 Å². The molecule has 0 spiro atoms. The molecule has 1 fully saturated rings. The van der Waals surface area contributed by atoms with Crippen molar-refractivity contribution in [1.29, 1.82) is 0 Å². The molecule has 2 amide bonds. The lowest BCUT2D eigenvalue weighted by molar-refractivity contribution is 0.112. The van der Waals surface area contributed by atoms with Crippen molar-refractivity contribution < 1.29 is 9.53 Å². The third kappa shape index (κ3) is 5.02. The maximum atomic E-state index is 11.9. The normalized spacial score (nSPS) is 19.2. The molecule has 1 aliphatic rings. The van der Waals surface area contributed by atoms with Crippen LogP contribution < -0.4 is 16.0 Å². The van der Waals surface area contributed by atoms with E-state index in [0.29, 0.717) is 6.54 Å². The highest BCUT2D eigenvalue weighted by Crippen LogP contribution is 2.17. The molecule has 5 nitrogen and oxygen atoms in total. The van der Waals surface area contributed by atoms with E-state index in [2.05, 4.69) is 35.9 Å². The van der Waals surface area contributed by atoms with E-state index in [0.717, 1.165) is 37.2 Å². The van der Waals surface area contributed by atoms with Gasteiger partial charge in [-0.05, 0) is 44.0 Å². The number of hydrogen-bond acceptors (Lipinski definition) is 3. The number of carbonyl (C=O) groups is 1. The number of nitrogens with one attached hydrogen (secondary N) is 3. The van der Waals surface area contributed by atoms with E-state index in [-0.39, 0.29) is 18.2 Å². The lowest BCUT2D eigenvalue weighted by Gasteiger charge is -2.15. The first-order valence-electron chi connectivity index (χ1n) is 7.69. The predicted octanol–water partition coefficient (Wildman–Crippen LogP) is 2.66. The highest BCUT2D eigenvalue weighted by Gasteiger charge is 2.16. The lowest BCUT2D eigenvalue weighted by atomic mass is 10.1. The molecule has 0 bridgehead atoms. The standard InChI is InChI=1S/C16H25N3O2/c1-3-17-12(2)13-6-4-7-14(10-13)19-16(20)18-11-15-8-5-9-21-15/h4,6-7,10,12,15,17H,3,5,8-9,11H2,1-2H3,(H2,18,19,20). The van der Waals surface area contributed by atoms with Gasteiger partial charge >= 0.3 is 6.03 Å². The van der Waals surface area contributed by atoms with Gasteiger partial charge in [0.2, 0.25) is 0 Å². The number of benzene rings is 1. The molecule has 1 saturated heterocycles. The molecule has 2 rings (SSSR count). The summed E-state index contributed by atoms with van der Waals surface area (Å²) in [6.45, 7) is 6.48. The largest absolute Gasteiger partial charge is 0.376 e. The Hall–Kier alpha value is -1.59. The minimum atomic E-state index is -0.182. The molecule has 0 saturated carbocycles. The van der Waals surface area contributed by atoms with E-state index >= 15 is 0 Å². The van der Waals surface area contributed by atoms with Gasteiger partial charge in [-0.2, -0.15) is 0 Å². The summed E-state index contributed by atoms with van der Waals surface area (Å²) in [6, 6.07) is 8.00. The summed E-state index contributed by atoms with van der Waals surface area (Å²) < 4.78 is 5.48. The molecule has 0 radical (unpaired) electrons. The van der Waals surface area contributed by atoms with Crippen LogP contribution in [-0.2, 0) is 4.74 Å². The van der Waals surface area contributed by atoms with E-state index in [1.54, 1.807) is 0 Å². The number of carbonyl (C=O) groups excluding carboxylic acids is 1. The zero-order valence-corrected chi connectivity index (χ0v) is 12.8. The van der Waals surface area contributed by atoms with Crippen molar-refractivity contribution >= 4 is 11.7 Å².